The van der Waals surface area contributed by atoms with Crippen LogP contribution in [0.3, 0.4) is 0 Å². The largest absolute Gasteiger partial charge is 0.347 e. The van der Waals surface area contributed by atoms with Crippen LogP contribution >= 0.6 is 27.3 Å². The summed E-state index contributed by atoms with van der Waals surface area (Å²) in [6, 6.07) is 2.08. The van der Waals surface area contributed by atoms with Crippen molar-refractivity contribution in [3.8, 4) is 0 Å². The monoisotopic (exact) mass is 345 g/mol. The van der Waals surface area contributed by atoms with E-state index in [0.717, 1.165) is 4.47 Å². The molecule has 2 aromatic heterocycles. The van der Waals surface area contributed by atoms with Gasteiger partial charge in [-0.1, -0.05) is 5.21 Å². The van der Waals surface area contributed by atoms with E-state index in [1.165, 1.54) is 4.88 Å². The van der Waals surface area contributed by atoms with E-state index < -0.39 is 6.29 Å². The SMILES string of the molecule is CCOC(OCC)c1cn(Cc2cc(Br)cs2)nn1. The Morgan fingerprint density at radius 2 is 2.11 bits per heavy atom. The number of hydrogen-bond acceptors (Lipinski definition) is 5. The van der Waals surface area contributed by atoms with Gasteiger partial charge in [-0.2, -0.15) is 0 Å². The summed E-state index contributed by atoms with van der Waals surface area (Å²) in [6.45, 7) is 5.72. The lowest BCUT2D eigenvalue weighted by Crippen LogP contribution is -2.09. The molecule has 7 heteroatoms. The summed E-state index contributed by atoms with van der Waals surface area (Å²) in [5.74, 6) is 0. The zero-order valence-corrected chi connectivity index (χ0v) is 13.3. The predicted molar refractivity (Wildman–Crippen MR) is 77.1 cm³/mol. The molecule has 0 aliphatic heterocycles. The molecular formula is C12H16BrN3O2S. The van der Waals surface area contributed by atoms with Crippen LogP contribution < -0.4 is 0 Å². The van der Waals surface area contributed by atoms with E-state index in [1.807, 2.05) is 20.0 Å². The highest BCUT2D eigenvalue weighted by molar-refractivity contribution is 9.10. The lowest BCUT2D eigenvalue weighted by molar-refractivity contribution is -0.142. The number of aromatic nitrogens is 3. The van der Waals surface area contributed by atoms with Crippen LogP contribution in [0.4, 0.5) is 0 Å². The molecule has 2 aromatic rings. The van der Waals surface area contributed by atoms with Crippen LogP contribution in [-0.4, -0.2) is 28.2 Å². The molecule has 0 bridgehead atoms. The van der Waals surface area contributed by atoms with Crippen LogP contribution in [0.1, 0.15) is 30.7 Å². The van der Waals surface area contributed by atoms with E-state index in [9.17, 15) is 0 Å². The fraction of sp³-hybridized carbons (Fsp3) is 0.500. The fourth-order valence-electron chi connectivity index (χ4n) is 1.62. The second-order valence-electron chi connectivity index (χ2n) is 3.81. The molecule has 0 unspecified atom stereocenters. The Morgan fingerprint density at radius 1 is 1.37 bits per heavy atom. The molecule has 0 saturated carbocycles. The summed E-state index contributed by atoms with van der Waals surface area (Å²) in [4.78, 5) is 1.22. The Labute approximate surface area is 124 Å². The van der Waals surface area contributed by atoms with Gasteiger partial charge in [0.1, 0.15) is 5.69 Å². The van der Waals surface area contributed by atoms with Crippen molar-refractivity contribution in [1.29, 1.82) is 0 Å². The van der Waals surface area contributed by atoms with Crippen molar-refractivity contribution < 1.29 is 9.47 Å². The third-order valence-corrected chi connectivity index (χ3v) is 4.06. The third-order valence-electron chi connectivity index (χ3n) is 2.37. The normalized spacial score (nSPS) is 11.4. The van der Waals surface area contributed by atoms with Crippen molar-refractivity contribution in [2.45, 2.75) is 26.7 Å². The molecule has 0 aliphatic carbocycles. The van der Waals surface area contributed by atoms with Gasteiger partial charge in [0.25, 0.3) is 0 Å². The van der Waals surface area contributed by atoms with Gasteiger partial charge in [0.15, 0.2) is 0 Å². The summed E-state index contributed by atoms with van der Waals surface area (Å²) >= 11 is 5.12. The van der Waals surface area contributed by atoms with Crippen LogP contribution in [0.2, 0.25) is 0 Å². The molecule has 2 heterocycles. The summed E-state index contributed by atoms with van der Waals surface area (Å²) in [7, 11) is 0. The van der Waals surface area contributed by atoms with E-state index in [1.54, 1.807) is 16.0 Å². The zero-order chi connectivity index (χ0) is 13.7. The maximum atomic E-state index is 5.49. The number of rotatable bonds is 7. The van der Waals surface area contributed by atoms with Gasteiger partial charge in [-0.25, -0.2) is 4.68 Å². The van der Waals surface area contributed by atoms with Gasteiger partial charge in [0.2, 0.25) is 6.29 Å². The van der Waals surface area contributed by atoms with Crippen molar-refractivity contribution in [1.82, 2.24) is 15.0 Å². The molecule has 0 atom stereocenters. The minimum atomic E-state index is -0.432. The minimum absolute atomic E-state index is 0.432. The topological polar surface area (TPSA) is 49.2 Å². The predicted octanol–water partition coefficient (Wildman–Crippen LogP) is 3.22. The molecular weight excluding hydrogens is 330 g/mol. The molecule has 0 radical (unpaired) electrons. The first-order chi connectivity index (χ1) is 9.22. The van der Waals surface area contributed by atoms with Crippen molar-refractivity contribution in [3.63, 3.8) is 0 Å². The highest BCUT2D eigenvalue weighted by Gasteiger charge is 2.15. The lowest BCUT2D eigenvalue weighted by Gasteiger charge is -2.13. The first kappa shape index (κ1) is 14.6. The Kier molecular flexibility index (Phi) is 5.50. The van der Waals surface area contributed by atoms with Gasteiger partial charge in [-0.15, -0.1) is 16.4 Å². The molecule has 0 aliphatic rings. The van der Waals surface area contributed by atoms with Gasteiger partial charge in [-0.3, -0.25) is 0 Å². The second kappa shape index (κ2) is 7.14. The third kappa shape index (κ3) is 4.10. The first-order valence-electron chi connectivity index (χ1n) is 6.09. The average molecular weight is 346 g/mol. The van der Waals surface area contributed by atoms with Crippen LogP contribution in [0.15, 0.2) is 22.1 Å². The van der Waals surface area contributed by atoms with Crippen molar-refractivity contribution in [3.05, 3.63) is 32.7 Å². The summed E-state index contributed by atoms with van der Waals surface area (Å²) in [5.41, 5.74) is 0.708. The second-order valence-corrected chi connectivity index (χ2v) is 5.73. The number of ether oxygens (including phenoxy) is 2. The Morgan fingerprint density at radius 3 is 2.68 bits per heavy atom. The molecule has 0 amide bonds. The Balaban J connectivity index is 2.04. The van der Waals surface area contributed by atoms with Gasteiger partial charge in [0.05, 0.1) is 12.7 Å². The van der Waals surface area contributed by atoms with Crippen LogP contribution in [0, 0.1) is 0 Å². The first-order valence-corrected chi connectivity index (χ1v) is 7.76. The molecule has 0 fully saturated rings. The molecule has 104 valence electrons. The average Bonchev–Trinajstić information content (AvgIpc) is 2.99. The highest BCUT2D eigenvalue weighted by atomic mass is 79.9. The van der Waals surface area contributed by atoms with Gasteiger partial charge in [-0.05, 0) is 35.8 Å². The number of nitrogens with zero attached hydrogens (tertiary/aromatic N) is 3. The smallest absolute Gasteiger partial charge is 0.204 e. The van der Waals surface area contributed by atoms with Gasteiger partial charge in [0, 0.05) is 27.9 Å². The van der Waals surface area contributed by atoms with Crippen molar-refractivity contribution in [2.75, 3.05) is 13.2 Å². The van der Waals surface area contributed by atoms with E-state index in [-0.39, 0.29) is 0 Å². The van der Waals surface area contributed by atoms with Gasteiger partial charge < -0.3 is 9.47 Å². The van der Waals surface area contributed by atoms with E-state index in [0.29, 0.717) is 25.5 Å². The summed E-state index contributed by atoms with van der Waals surface area (Å²) in [6.07, 6.45) is 1.43. The molecule has 19 heavy (non-hydrogen) atoms. The minimum Gasteiger partial charge on any atom is -0.347 e. The lowest BCUT2D eigenvalue weighted by atomic mass is 10.4. The summed E-state index contributed by atoms with van der Waals surface area (Å²) < 4.78 is 13.9. The molecule has 0 saturated heterocycles. The fourth-order valence-corrected chi connectivity index (χ4v) is 3.06. The number of hydrogen-bond donors (Lipinski definition) is 0. The van der Waals surface area contributed by atoms with Crippen LogP contribution in [0.5, 0.6) is 0 Å². The van der Waals surface area contributed by atoms with Gasteiger partial charge >= 0.3 is 0 Å². The van der Waals surface area contributed by atoms with E-state index in [4.69, 9.17) is 9.47 Å². The van der Waals surface area contributed by atoms with Crippen LogP contribution in [0.25, 0.3) is 0 Å². The van der Waals surface area contributed by atoms with Crippen molar-refractivity contribution >= 4 is 27.3 Å². The van der Waals surface area contributed by atoms with Crippen molar-refractivity contribution in [2.24, 2.45) is 0 Å². The zero-order valence-electron chi connectivity index (χ0n) is 10.9. The maximum Gasteiger partial charge on any atom is 0.204 e. The quantitative estimate of drug-likeness (QED) is 0.723. The Bertz CT molecular complexity index is 509. The van der Waals surface area contributed by atoms with Crippen LogP contribution in [-0.2, 0) is 16.0 Å². The molecule has 2 rings (SSSR count). The van der Waals surface area contributed by atoms with E-state index >= 15 is 0 Å². The number of halogens is 1. The summed E-state index contributed by atoms with van der Waals surface area (Å²) in [5, 5.41) is 10.3. The van der Waals surface area contributed by atoms with E-state index in [2.05, 4.69) is 37.7 Å². The number of thiophene rings is 1. The molecule has 0 spiro atoms. The molecule has 0 aromatic carbocycles. The molecule has 0 N–H and O–H groups in total. The molecule has 5 nitrogen and oxygen atoms in total. The highest BCUT2D eigenvalue weighted by Crippen LogP contribution is 2.21. The Hall–Kier alpha value is -0.760. The standard InChI is InChI=1S/C12H16BrN3O2S/c1-3-17-12(18-4-2)11-7-16(15-14-11)6-10-5-9(13)8-19-10/h5,7-8,12H,3-4,6H2,1-2H3. The maximum absolute atomic E-state index is 5.49.